The van der Waals surface area contributed by atoms with E-state index in [9.17, 15) is 0 Å². The van der Waals surface area contributed by atoms with E-state index in [2.05, 4.69) is 72.8 Å². The van der Waals surface area contributed by atoms with Gasteiger partial charge >= 0.3 is 0 Å². The molecule has 0 amide bonds. The highest BCUT2D eigenvalue weighted by Crippen LogP contribution is 2.75. The van der Waals surface area contributed by atoms with E-state index in [1.807, 2.05) is 78.9 Å². The second-order valence-corrected chi connectivity index (χ2v) is 14.8. The summed E-state index contributed by atoms with van der Waals surface area (Å²) in [6, 6.07) is 52.1. The van der Waals surface area contributed by atoms with E-state index in [1.54, 1.807) is 0 Å². The van der Waals surface area contributed by atoms with Gasteiger partial charge in [0.2, 0.25) is 0 Å². The molecule has 3 aliphatic carbocycles. The van der Waals surface area contributed by atoms with Crippen molar-refractivity contribution >= 4 is 10.8 Å². The first kappa shape index (κ1) is 30.2. The van der Waals surface area contributed by atoms with Crippen LogP contribution < -0.4 is 0 Å². The molecule has 11 rings (SSSR count). The smallest absolute Gasteiger partial charge is 0.164 e. The average molecular weight is 683 g/mol. The van der Waals surface area contributed by atoms with Crippen molar-refractivity contribution in [2.45, 2.75) is 18.8 Å². The molecule has 252 valence electrons. The number of nitrogens with zero attached hydrogens (tertiary/aromatic N) is 6. The Bertz CT molecular complexity index is 2570. The highest BCUT2D eigenvalue weighted by Gasteiger charge is 2.67. The lowest BCUT2D eigenvalue weighted by Gasteiger charge is -2.73. The molecular weight excluding hydrogens is 649 g/mol. The van der Waals surface area contributed by atoms with Crippen LogP contribution in [-0.2, 0) is 0 Å². The van der Waals surface area contributed by atoms with Crippen LogP contribution in [0, 0.1) is 23.7 Å². The molecule has 2 aromatic heterocycles. The molecule has 6 heteroatoms. The third-order valence-electron chi connectivity index (χ3n) is 11.9. The number of rotatable bonds is 7. The molecule has 8 aromatic rings. The minimum absolute atomic E-state index is 0.631. The normalized spacial score (nSPS) is 20.9. The number of hydrogen-bond acceptors (Lipinski definition) is 6. The SMILES string of the molecule is c1ccc(-c2nc(-c3ccccc3)nc(-c3ccc4cc(-c5nc(-c6ccccc6)nc(-c6ccc(C7C8CC9CC7C98)cc6)n5)ccc4c3)n2)cc1. The van der Waals surface area contributed by atoms with Crippen molar-refractivity contribution in [2.24, 2.45) is 23.7 Å². The van der Waals surface area contributed by atoms with Gasteiger partial charge in [-0.05, 0) is 70.9 Å². The zero-order chi connectivity index (χ0) is 34.9. The Morgan fingerprint density at radius 3 is 1.04 bits per heavy atom. The molecule has 0 N–H and O–H groups in total. The summed E-state index contributed by atoms with van der Waals surface area (Å²) in [6.45, 7) is 0. The maximum atomic E-state index is 5.07. The number of benzene rings is 6. The number of hydrogen-bond donors (Lipinski definition) is 0. The van der Waals surface area contributed by atoms with Crippen LogP contribution in [0.4, 0.5) is 0 Å². The fraction of sp³-hybridized carbons (Fsp3) is 0.149. The van der Waals surface area contributed by atoms with Crippen molar-refractivity contribution in [3.63, 3.8) is 0 Å². The van der Waals surface area contributed by atoms with E-state index in [4.69, 9.17) is 29.9 Å². The number of aromatic nitrogens is 6. The minimum Gasteiger partial charge on any atom is -0.208 e. The van der Waals surface area contributed by atoms with Gasteiger partial charge in [0, 0.05) is 33.4 Å². The molecule has 2 unspecified atom stereocenters. The van der Waals surface area contributed by atoms with Gasteiger partial charge < -0.3 is 0 Å². The van der Waals surface area contributed by atoms with Crippen LogP contribution in [0.2, 0.25) is 0 Å². The maximum absolute atomic E-state index is 5.07. The maximum Gasteiger partial charge on any atom is 0.164 e. The van der Waals surface area contributed by atoms with Crippen molar-refractivity contribution < 1.29 is 0 Å². The molecule has 0 saturated heterocycles. The topological polar surface area (TPSA) is 77.3 Å². The molecule has 53 heavy (non-hydrogen) atoms. The first-order valence-electron chi connectivity index (χ1n) is 18.6. The van der Waals surface area contributed by atoms with Gasteiger partial charge in [0.05, 0.1) is 0 Å². The second kappa shape index (κ2) is 12.1. The van der Waals surface area contributed by atoms with Crippen LogP contribution in [0.15, 0.2) is 152 Å². The predicted molar refractivity (Wildman–Crippen MR) is 209 cm³/mol. The Morgan fingerprint density at radius 2 is 0.679 bits per heavy atom. The fourth-order valence-electron chi connectivity index (χ4n) is 9.15. The van der Waals surface area contributed by atoms with E-state index >= 15 is 0 Å². The third kappa shape index (κ3) is 5.16. The second-order valence-electron chi connectivity index (χ2n) is 14.8. The molecule has 0 aliphatic heterocycles. The summed E-state index contributed by atoms with van der Waals surface area (Å²) >= 11 is 0. The monoisotopic (exact) mass is 682 g/mol. The van der Waals surface area contributed by atoms with Gasteiger partial charge in [-0.1, -0.05) is 140 Å². The third-order valence-corrected chi connectivity index (χ3v) is 11.9. The zero-order valence-electron chi connectivity index (χ0n) is 28.9. The molecule has 6 aromatic carbocycles. The lowest BCUT2D eigenvalue weighted by molar-refractivity contribution is -0.214. The lowest BCUT2D eigenvalue weighted by Crippen LogP contribution is -2.65. The molecular formula is C47H34N6. The fourth-order valence-corrected chi connectivity index (χ4v) is 9.15. The summed E-state index contributed by atoms with van der Waals surface area (Å²) in [4.78, 5) is 29.8. The first-order valence-corrected chi connectivity index (χ1v) is 18.6. The Kier molecular flexibility index (Phi) is 6.90. The van der Waals surface area contributed by atoms with Gasteiger partial charge in [-0.2, -0.15) is 0 Å². The Balaban J connectivity index is 0.957. The quantitative estimate of drug-likeness (QED) is 0.167. The zero-order valence-corrected chi connectivity index (χ0v) is 28.9. The first-order chi connectivity index (χ1) is 26.2. The van der Waals surface area contributed by atoms with Crippen molar-refractivity contribution in [1.29, 1.82) is 0 Å². The highest BCUT2D eigenvalue weighted by molar-refractivity contribution is 5.90. The largest absolute Gasteiger partial charge is 0.208 e. The average Bonchev–Trinajstić information content (AvgIpc) is 3.23. The van der Waals surface area contributed by atoms with E-state index in [1.165, 1.54) is 18.4 Å². The summed E-state index contributed by atoms with van der Waals surface area (Å²) in [7, 11) is 0. The van der Waals surface area contributed by atoms with Crippen LogP contribution in [0.1, 0.15) is 24.3 Å². The molecule has 3 fully saturated rings. The van der Waals surface area contributed by atoms with Crippen LogP contribution >= 0.6 is 0 Å². The van der Waals surface area contributed by atoms with Gasteiger partial charge in [0.1, 0.15) is 0 Å². The Hall–Kier alpha value is -6.40. The standard InChI is InChI=1S/C47H34N6/c1-4-10-29(11-5-1)42-48-43(30-12-6-2-7-13-30)51-46(50-42)35-22-20-34-25-36(23-21-33(34)24-35)47-52-44(31-14-8-3-9-15-31)49-45(53-47)32-18-16-28(17-19-32)40-38-26-37-27-39(40)41(37)38/h1-25,37-41H,26-27H2. The van der Waals surface area contributed by atoms with Crippen LogP contribution in [-0.4, -0.2) is 29.9 Å². The summed E-state index contributed by atoms with van der Waals surface area (Å²) in [5.41, 5.74) is 7.21. The molecule has 2 heterocycles. The van der Waals surface area contributed by atoms with Crippen molar-refractivity contribution in [3.05, 3.63) is 157 Å². The minimum atomic E-state index is 0.631. The highest BCUT2D eigenvalue weighted by atomic mass is 15.0. The molecule has 0 bridgehead atoms. The van der Waals surface area contributed by atoms with Crippen LogP contribution in [0.5, 0.6) is 0 Å². The summed E-state index contributed by atoms with van der Waals surface area (Å²) in [5.74, 6) is 8.56. The molecule has 2 atom stereocenters. The molecule has 3 aliphatic rings. The number of fused-ring (bicyclic) bond motifs is 1. The summed E-state index contributed by atoms with van der Waals surface area (Å²) in [6.07, 6.45) is 2.86. The van der Waals surface area contributed by atoms with Crippen LogP contribution in [0.3, 0.4) is 0 Å². The lowest BCUT2D eigenvalue weighted by atomic mass is 9.31. The molecule has 6 nitrogen and oxygen atoms in total. The Labute approximate surface area is 307 Å². The molecule has 0 radical (unpaired) electrons. The van der Waals surface area contributed by atoms with Gasteiger partial charge in [-0.25, -0.2) is 29.9 Å². The van der Waals surface area contributed by atoms with Gasteiger partial charge in [0.15, 0.2) is 34.9 Å². The van der Waals surface area contributed by atoms with Gasteiger partial charge in [0.25, 0.3) is 0 Å². The van der Waals surface area contributed by atoms with Gasteiger partial charge in [-0.15, -0.1) is 0 Å². The van der Waals surface area contributed by atoms with Crippen molar-refractivity contribution in [3.8, 4) is 68.3 Å². The van der Waals surface area contributed by atoms with Gasteiger partial charge in [-0.3, -0.25) is 0 Å². The Morgan fingerprint density at radius 1 is 0.340 bits per heavy atom. The van der Waals surface area contributed by atoms with Crippen molar-refractivity contribution in [2.75, 3.05) is 0 Å². The molecule has 3 saturated carbocycles. The van der Waals surface area contributed by atoms with Crippen molar-refractivity contribution in [1.82, 2.24) is 29.9 Å². The summed E-state index contributed by atoms with van der Waals surface area (Å²) < 4.78 is 0. The van der Waals surface area contributed by atoms with E-state index in [-0.39, 0.29) is 0 Å². The summed E-state index contributed by atoms with van der Waals surface area (Å²) in [5, 5.41) is 2.15. The van der Waals surface area contributed by atoms with E-state index < -0.39 is 0 Å². The van der Waals surface area contributed by atoms with E-state index in [0.29, 0.717) is 34.9 Å². The predicted octanol–water partition coefficient (Wildman–Crippen LogP) is 10.6. The van der Waals surface area contributed by atoms with E-state index in [0.717, 1.165) is 73.7 Å². The molecule has 0 spiro atoms. The van der Waals surface area contributed by atoms with Crippen LogP contribution in [0.25, 0.3) is 79.1 Å².